The number of carbonyl (C=O) groups excluding carboxylic acids is 1. The lowest BCUT2D eigenvalue weighted by atomic mass is 10.0. The number of aromatic amines is 1. The van der Waals surface area contributed by atoms with Gasteiger partial charge in [-0.2, -0.15) is 5.10 Å². The summed E-state index contributed by atoms with van der Waals surface area (Å²) in [5, 5.41) is 4.67. The molecule has 3 aromatic carbocycles. The number of fused-ring (bicyclic) bond motifs is 1. The number of H-pyrrole nitrogens is 1. The zero-order chi connectivity index (χ0) is 19.5. The molecule has 6 heteroatoms. The fourth-order valence-corrected chi connectivity index (χ4v) is 3.29. The van der Waals surface area contributed by atoms with E-state index in [4.69, 9.17) is 0 Å². The summed E-state index contributed by atoms with van der Waals surface area (Å²) in [6.45, 7) is 0. The van der Waals surface area contributed by atoms with Crippen molar-refractivity contribution in [2.45, 2.75) is 0 Å². The van der Waals surface area contributed by atoms with Crippen LogP contribution in [0.4, 0.5) is 4.39 Å². The minimum absolute atomic E-state index is 0.263. The number of nitrogens with one attached hydrogen (secondary N) is 2. The summed E-state index contributed by atoms with van der Waals surface area (Å²) in [6, 6.07) is 21.7. The second kappa shape index (κ2) is 7.78. The maximum atomic E-state index is 14.3. The van der Waals surface area contributed by atoms with Gasteiger partial charge in [0.2, 0.25) is 0 Å². The van der Waals surface area contributed by atoms with E-state index < -0.39 is 11.7 Å². The molecule has 4 rings (SSSR count). The second-order valence-electron chi connectivity index (χ2n) is 6.15. The maximum absolute atomic E-state index is 14.3. The SMILES string of the molecule is O=C(NN=Cc1ccc(Br)cc1)c1[nH]c2c(F)cccc2c1-c1ccccc1. The number of para-hydroxylation sites is 1. The molecule has 4 aromatic rings. The van der Waals surface area contributed by atoms with Gasteiger partial charge in [0.1, 0.15) is 11.5 Å². The number of rotatable bonds is 4. The van der Waals surface area contributed by atoms with Crippen LogP contribution in [0.2, 0.25) is 0 Å². The Morgan fingerprint density at radius 2 is 1.75 bits per heavy atom. The van der Waals surface area contributed by atoms with Gasteiger partial charge in [0.15, 0.2) is 0 Å². The molecule has 0 fully saturated rings. The Bertz CT molecular complexity index is 1170. The molecular weight excluding hydrogens is 421 g/mol. The first-order valence-corrected chi connectivity index (χ1v) is 9.37. The van der Waals surface area contributed by atoms with Crippen LogP contribution in [0.1, 0.15) is 16.1 Å². The van der Waals surface area contributed by atoms with Crippen LogP contribution in [0.3, 0.4) is 0 Å². The Balaban J connectivity index is 1.70. The van der Waals surface area contributed by atoms with E-state index in [2.05, 4.69) is 31.4 Å². The third-order valence-corrected chi connectivity index (χ3v) is 4.85. The van der Waals surface area contributed by atoms with Crippen LogP contribution in [0, 0.1) is 5.82 Å². The van der Waals surface area contributed by atoms with Crippen LogP contribution >= 0.6 is 15.9 Å². The first-order chi connectivity index (χ1) is 13.6. The number of amides is 1. The third-order valence-electron chi connectivity index (χ3n) is 4.32. The first-order valence-electron chi connectivity index (χ1n) is 8.58. The molecule has 0 aliphatic heterocycles. The Morgan fingerprint density at radius 1 is 1.00 bits per heavy atom. The highest BCUT2D eigenvalue weighted by Gasteiger charge is 2.20. The minimum atomic E-state index is -0.442. The second-order valence-corrected chi connectivity index (χ2v) is 7.07. The highest BCUT2D eigenvalue weighted by Crippen LogP contribution is 2.33. The Labute approximate surface area is 169 Å². The lowest BCUT2D eigenvalue weighted by molar-refractivity contribution is 0.0951. The standard InChI is InChI=1S/C22H15BrFN3O/c23-16-11-9-14(10-12-16)13-25-27-22(28)21-19(15-5-2-1-3-6-15)17-7-4-8-18(24)20(17)26-21/h1-13,26H,(H,27,28). The summed E-state index contributed by atoms with van der Waals surface area (Å²) in [7, 11) is 0. The zero-order valence-electron chi connectivity index (χ0n) is 14.6. The van der Waals surface area contributed by atoms with E-state index in [-0.39, 0.29) is 5.69 Å². The van der Waals surface area contributed by atoms with Crippen molar-refractivity contribution in [2.24, 2.45) is 5.10 Å². The van der Waals surface area contributed by atoms with Crippen LogP contribution in [0.15, 0.2) is 82.4 Å². The van der Waals surface area contributed by atoms with E-state index in [1.165, 1.54) is 6.07 Å². The maximum Gasteiger partial charge on any atom is 0.288 e. The molecule has 0 radical (unpaired) electrons. The quantitative estimate of drug-likeness (QED) is 0.322. The number of carbonyl (C=O) groups is 1. The summed E-state index contributed by atoms with van der Waals surface area (Å²) < 4.78 is 15.2. The number of aromatic nitrogens is 1. The normalized spacial score (nSPS) is 11.2. The molecule has 1 heterocycles. The number of benzene rings is 3. The Kier molecular flexibility index (Phi) is 5.04. The predicted molar refractivity (Wildman–Crippen MR) is 113 cm³/mol. The molecule has 2 N–H and O–H groups in total. The molecule has 138 valence electrons. The van der Waals surface area contributed by atoms with Gasteiger partial charge in [-0.3, -0.25) is 4.79 Å². The van der Waals surface area contributed by atoms with Crippen LogP contribution in [-0.4, -0.2) is 17.1 Å². The van der Waals surface area contributed by atoms with E-state index in [0.717, 1.165) is 15.6 Å². The molecule has 0 spiro atoms. The van der Waals surface area contributed by atoms with E-state index in [0.29, 0.717) is 16.5 Å². The van der Waals surface area contributed by atoms with Crippen LogP contribution in [-0.2, 0) is 0 Å². The largest absolute Gasteiger partial charge is 0.348 e. The molecule has 1 aromatic heterocycles. The van der Waals surface area contributed by atoms with Crippen molar-refractivity contribution in [2.75, 3.05) is 0 Å². The lowest BCUT2D eigenvalue weighted by Gasteiger charge is -2.04. The summed E-state index contributed by atoms with van der Waals surface area (Å²) in [6.07, 6.45) is 1.55. The fourth-order valence-electron chi connectivity index (χ4n) is 3.03. The first kappa shape index (κ1) is 18.1. The van der Waals surface area contributed by atoms with Gasteiger partial charge in [-0.1, -0.05) is 70.5 Å². The molecule has 0 atom stereocenters. The van der Waals surface area contributed by atoms with Gasteiger partial charge in [-0.05, 0) is 29.3 Å². The van der Waals surface area contributed by atoms with Crippen molar-refractivity contribution in [1.82, 2.24) is 10.4 Å². The molecule has 0 saturated carbocycles. The van der Waals surface area contributed by atoms with Crippen LogP contribution < -0.4 is 5.43 Å². The number of nitrogens with zero attached hydrogens (tertiary/aromatic N) is 1. The van der Waals surface area contributed by atoms with Crippen molar-refractivity contribution in [1.29, 1.82) is 0 Å². The molecule has 0 saturated heterocycles. The van der Waals surface area contributed by atoms with Gasteiger partial charge < -0.3 is 4.98 Å². The van der Waals surface area contributed by atoms with Gasteiger partial charge >= 0.3 is 0 Å². The molecule has 4 nitrogen and oxygen atoms in total. The molecule has 0 unspecified atom stereocenters. The highest BCUT2D eigenvalue weighted by atomic mass is 79.9. The van der Waals surface area contributed by atoms with Crippen molar-refractivity contribution >= 4 is 39.0 Å². The lowest BCUT2D eigenvalue weighted by Crippen LogP contribution is -2.18. The smallest absolute Gasteiger partial charge is 0.288 e. The molecule has 0 aliphatic carbocycles. The summed E-state index contributed by atoms with van der Waals surface area (Å²) in [5.74, 6) is -0.852. The van der Waals surface area contributed by atoms with Gasteiger partial charge in [-0.25, -0.2) is 9.82 Å². The summed E-state index contributed by atoms with van der Waals surface area (Å²) in [4.78, 5) is 15.7. The van der Waals surface area contributed by atoms with Gasteiger partial charge in [0, 0.05) is 15.4 Å². The minimum Gasteiger partial charge on any atom is -0.348 e. The average Bonchev–Trinajstić information content (AvgIpc) is 3.11. The van der Waals surface area contributed by atoms with Crippen LogP contribution in [0.25, 0.3) is 22.0 Å². The van der Waals surface area contributed by atoms with Gasteiger partial charge in [-0.15, -0.1) is 0 Å². The number of halogens is 2. The molecule has 0 aliphatic rings. The average molecular weight is 436 g/mol. The summed E-state index contributed by atoms with van der Waals surface area (Å²) >= 11 is 3.37. The Hall–Kier alpha value is -3.25. The van der Waals surface area contributed by atoms with Gasteiger partial charge in [0.05, 0.1) is 11.7 Å². The van der Waals surface area contributed by atoms with Gasteiger partial charge in [0.25, 0.3) is 5.91 Å². The summed E-state index contributed by atoms with van der Waals surface area (Å²) in [5.41, 5.74) is 5.38. The van der Waals surface area contributed by atoms with Crippen LogP contribution in [0.5, 0.6) is 0 Å². The van der Waals surface area contributed by atoms with E-state index in [1.54, 1.807) is 18.3 Å². The van der Waals surface area contributed by atoms with E-state index in [1.807, 2.05) is 54.6 Å². The fraction of sp³-hybridized carbons (Fsp3) is 0. The molecular formula is C22H15BrFN3O. The number of hydrogen-bond donors (Lipinski definition) is 2. The molecule has 28 heavy (non-hydrogen) atoms. The van der Waals surface area contributed by atoms with Crippen molar-refractivity contribution in [3.63, 3.8) is 0 Å². The molecule has 1 amide bonds. The van der Waals surface area contributed by atoms with Crippen molar-refractivity contribution < 1.29 is 9.18 Å². The number of hydrazone groups is 1. The van der Waals surface area contributed by atoms with Crippen molar-refractivity contribution in [3.8, 4) is 11.1 Å². The van der Waals surface area contributed by atoms with E-state index >= 15 is 0 Å². The van der Waals surface area contributed by atoms with E-state index in [9.17, 15) is 9.18 Å². The number of hydrogen-bond acceptors (Lipinski definition) is 2. The predicted octanol–water partition coefficient (Wildman–Crippen LogP) is 5.50. The zero-order valence-corrected chi connectivity index (χ0v) is 16.2. The third kappa shape index (κ3) is 3.59. The molecule has 0 bridgehead atoms. The monoisotopic (exact) mass is 435 g/mol. The van der Waals surface area contributed by atoms with Crippen molar-refractivity contribution in [3.05, 3.63) is 94.3 Å². The topological polar surface area (TPSA) is 57.2 Å². The highest BCUT2D eigenvalue weighted by molar-refractivity contribution is 9.10. The Morgan fingerprint density at radius 3 is 2.50 bits per heavy atom.